The van der Waals surface area contributed by atoms with Crippen LogP contribution in [0, 0.1) is 11.8 Å². The van der Waals surface area contributed by atoms with Gasteiger partial charge >= 0.3 is 5.97 Å². The number of aliphatic carboxylic acids is 1. The number of thioether (sulfide) groups is 1. The number of methoxy groups -OCH3 is 1. The number of hydrogen-bond acceptors (Lipinski definition) is 7. The summed E-state index contributed by atoms with van der Waals surface area (Å²) < 4.78 is 5.37. The van der Waals surface area contributed by atoms with Crippen molar-refractivity contribution in [3.8, 4) is 5.75 Å². The summed E-state index contributed by atoms with van der Waals surface area (Å²) in [5.41, 5.74) is 8.27. The third kappa shape index (κ3) is 6.44. The van der Waals surface area contributed by atoms with Crippen molar-refractivity contribution >= 4 is 40.2 Å². The highest BCUT2D eigenvalue weighted by atomic mass is 35.5. The van der Waals surface area contributed by atoms with E-state index in [0.717, 1.165) is 58.9 Å². The normalized spacial score (nSPS) is 19.5. The first-order valence-electron chi connectivity index (χ1n) is 11.8. The maximum absolute atomic E-state index is 12.1. The van der Waals surface area contributed by atoms with Crippen LogP contribution in [0.3, 0.4) is 0 Å². The van der Waals surface area contributed by atoms with E-state index in [2.05, 4.69) is 14.9 Å². The van der Waals surface area contributed by atoms with Gasteiger partial charge in [-0.2, -0.15) is 0 Å². The van der Waals surface area contributed by atoms with Gasteiger partial charge in [0.2, 0.25) is 0 Å². The fraction of sp³-hybridized carbons (Fsp3) is 0.423. The maximum Gasteiger partial charge on any atom is 0.308 e. The van der Waals surface area contributed by atoms with Crippen LogP contribution in [0.5, 0.6) is 5.75 Å². The van der Waals surface area contributed by atoms with Gasteiger partial charge in [0, 0.05) is 42.7 Å². The Morgan fingerprint density at radius 1 is 1.34 bits per heavy atom. The van der Waals surface area contributed by atoms with Crippen LogP contribution in [-0.2, 0) is 4.79 Å². The SMILES string of the molecule is COc1ccc2ncc(Cl)c([C@@H](N)CC[C@H]3CCN(CCSc4ccccn4)C[C@H]3C(=O)O)c2c1. The Labute approximate surface area is 215 Å². The van der Waals surface area contributed by atoms with Crippen molar-refractivity contribution in [3.05, 3.63) is 59.4 Å². The van der Waals surface area contributed by atoms with E-state index in [4.69, 9.17) is 22.1 Å². The molecule has 1 fully saturated rings. The van der Waals surface area contributed by atoms with Crippen LogP contribution in [-0.4, -0.2) is 58.4 Å². The zero-order valence-electron chi connectivity index (χ0n) is 19.8. The molecule has 1 aliphatic heterocycles. The number of carbonyl (C=O) groups is 1. The van der Waals surface area contributed by atoms with Crippen LogP contribution >= 0.6 is 23.4 Å². The minimum absolute atomic E-state index is 0.0830. The van der Waals surface area contributed by atoms with Gasteiger partial charge in [0.1, 0.15) is 5.75 Å². The first-order valence-corrected chi connectivity index (χ1v) is 13.2. The molecule has 0 bridgehead atoms. The van der Waals surface area contributed by atoms with E-state index in [1.807, 2.05) is 36.4 Å². The number of likely N-dealkylation sites (tertiary alicyclic amines) is 1. The first kappa shape index (κ1) is 25.7. The number of fused-ring (bicyclic) bond motifs is 1. The molecule has 2 aromatic heterocycles. The van der Waals surface area contributed by atoms with Crippen molar-refractivity contribution in [2.75, 3.05) is 32.5 Å². The van der Waals surface area contributed by atoms with Gasteiger partial charge in [-0.25, -0.2) is 4.98 Å². The van der Waals surface area contributed by atoms with Gasteiger partial charge in [-0.1, -0.05) is 17.7 Å². The third-order valence-corrected chi connectivity index (χ3v) is 7.97. The molecule has 7 nitrogen and oxygen atoms in total. The van der Waals surface area contributed by atoms with Crippen LogP contribution in [0.1, 0.15) is 30.9 Å². The van der Waals surface area contributed by atoms with Crippen LogP contribution in [0.2, 0.25) is 5.02 Å². The standard InChI is InChI=1S/C26H31ClN4O3S/c1-34-18-6-8-23-19(14-18)25(21(27)15-30-23)22(28)7-5-17-9-11-31(16-20(17)26(32)33)12-13-35-24-4-2-3-10-29-24/h2-4,6,8,10,14-15,17,20,22H,5,7,9,11-13,16,28H2,1H3,(H,32,33)/t17-,20+,22-/m0/s1. The zero-order chi connectivity index (χ0) is 24.8. The molecule has 3 atom stereocenters. The minimum Gasteiger partial charge on any atom is -0.497 e. The molecular formula is C26H31ClN4O3S. The smallest absolute Gasteiger partial charge is 0.308 e. The van der Waals surface area contributed by atoms with Crippen molar-refractivity contribution < 1.29 is 14.6 Å². The Morgan fingerprint density at radius 3 is 2.94 bits per heavy atom. The molecule has 0 spiro atoms. The molecule has 3 N–H and O–H groups in total. The number of carboxylic acids is 1. The number of rotatable bonds is 10. The van der Waals surface area contributed by atoms with Crippen LogP contribution < -0.4 is 10.5 Å². The highest BCUT2D eigenvalue weighted by Gasteiger charge is 2.34. The lowest BCUT2D eigenvalue weighted by molar-refractivity contribution is -0.146. The Hall–Kier alpha value is -2.39. The molecule has 35 heavy (non-hydrogen) atoms. The number of carboxylic acid groups (broad SMARTS) is 1. The molecule has 0 amide bonds. The summed E-state index contributed by atoms with van der Waals surface area (Å²) in [6.07, 6.45) is 5.65. The Kier molecular flexibility index (Phi) is 8.83. The predicted octanol–water partition coefficient (Wildman–Crippen LogP) is 4.89. The lowest BCUT2D eigenvalue weighted by Gasteiger charge is -2.37. The summed E-state index contributed by atoms with van der Waals surface area (Å²) in [6.45, 7) is 2.30. The average molecular weight is 515 g/mol. The van der Waals surface area contributed by atoms with Crippen LogP contribution in [0.15, 0.2) is 53.8 Å². The summed E-state index contributed by atoms with van der Waals surface area (Å²) in [7, 11) is 1.62. The van der Waals surface area contributed by atoms with E-state index in [0.29, 0.717) is 18.0 Å². The number of nitrogens with zero attached hydrogens (tertiary/aromatic N) is 3. The largest absolute Gasteiger partial charge is 0.497 e. The van der Waals surface area contributed by atoms with Crippen molar-refractivity contribution in [2.24, 2.45) is 17.6 Å². The number of pyridine rings is 2. The Morgan fingerprint density at radius 2 is 2.20 bits per heavy atom. The molecule has 0 unspecified atom stereocenters. The van der Waals surface area contributed by atoms with Crippen molar-refractivity contribution in [1.82, 2.24) is 14.9 Å². The molecule has 0 radical (unpaired) electrons. The second-order valence-electron chi connectivity index (χ2n) is 8.90. The van der Waals surface area contributed by atoms with Gasteiger partial charge < -0.3 is 20.5 Å². The number of hydrogen-bond donors (Lipinski definition) is 2. The fourth-order valence-electron chi connectivity index (χ4n) is 4.82. The molecule has 1 aromatic carbocycles. The van der Waals surface area contributed by atoms with E-state index in [1.165, 1.54) is 0 Å². The summed E-state index contributed by atoms with van der Waals surface area (Å²) in [4.78, 5) is 23.1. The average Bonchev–Trinajstić information content (AvgIpc) is 2.87. The summed E-state index contributed by atoms with van der Waals surface area (Å²) in [5.74, 6) is 0.549. The second kappa shape index (κ2) is 12.0. The predicted molar refractivity (Wildman–Crippen MR) is 140 cm³/mol. The molecule has 1 saturated heterocycles. The Balaban J connectivity index is 1.37. The number of halogens is 1. The number of benzene rings is 1. The number of ether oxygens (including phenoxy) is 1. The summed E-state index contributed by atoms with van der Waals surface area (Å²) >= 11 is 8.21. The molecular weight excluding hydrogens is 484 g/mol. The van der Waals surface area contributed by atoms with E-state index >= 15 is 0 Å². The molecule has 9 heteroatoms. The molecule has 3 heterocycles. The summed E-state index contributed by atoms with van der Waals surface area (Å²) in [6, 6.07) is 11.2. The number of nitrogens with two attached hydrogens (primary N) is 1. The number of aromatic nitrogens is 2. The molecule has 1 aliphatic rings. The van der Waals surface area contributed by atoms with E-state index in [9.17, 15) is 9.90 Å². The maximum atomic E-state index is 12.1. The van der Waals surface area contributed by atoms with Gasteiger partial charge in [-0.15, -0.1) is 11.8 Å². The van der Waals surface area contributed by atoms with Crippen molar-refractivity contribution in [3.63, 3.8) is 0 Å². The van der Waals surface area contributed by atoms with E-state index in [-0.39, 0.29) is 12.0 Å². The van der Waals surface area contributed by atoms with Crippen LogP contribution in [0.25, 0.3) is 10.9 Å². The molecule has 3 aromatic rings. The van der Waals surface area contributed by atoms with Gasteiger partial charge in [-0.05, 0) is 67.6 Å². The van der Waals surface area contributed by atoms with E-state index < -0.39 is 11.9 Å². The van der Waals surface area contributed by atoms with Crippen molar-refractivity contribution in [2.45, 2.75) is 30.3 Å². The second-order valence-corrected chi connectivity index (χ2v) is 10.4. The fourth-order valence-corrected chi connectivity index (χ4v) is 5.98. The highest BCUT2D eigenvalue weighted by Crippen LogP contribution is 2.36. The van der Waals surface area contributed by atoms with E-state index in [1.54, 1.807) is 31.3 Å². The zero-order valence-corrected chi connectivity index (χ0v) is 21.3. The molecule has 0 saturated carbocycles. The molecule has 186 valence electrons. The number of piperidine rings is 1. The molecule has 0 aliphatic carbocycles. The molecule has 4 rings (SSSR count). The lowest BCUT2D eigenvalue weighted by atomic mass is 9.81. The van der Waals surface area contributed by atoms with Gasteiger partial charge in [-0.3, -0.25) is 9.78 Å². The summed E-state index contributed by atoms with van der Waals surface area (Å²) in [5, 5.41) is 12.3. The van der Waals surface area contributed by atoms with Gasteiger partial charge in [0.25, 0.3) is 0 Å². The van der Waals surface area contributed by atoms with Crippen molar-refractivity contribution in [1.29, 1.82) is 0 Å². The quantitative estimate of drug-likeness (QED) is 0.369. The topological polar surface area (TPSA) is 102 Å². The van der Waals surface area contributed by atoms with Gasteiger partial charge in [0.05, 0.1) is 28.6 Å². The third-order valence-electron chi connectivity index (χ3n) is 6.74. The lowest BCUT2D eigenvalue weighted by Crippen LogP contribution is -2.44. The highest BCUT2D eigenvalue weighted by molar-refractivity contribution is 7.99. The monoisotopic (exact) mass is 514 g/mol. The van der Waals surface area contributed by atoms with Gasteiger partial charge in [0.15, 0.2) is 0 Å². The van der Waals surface area contributed by atoms with Crippen LogP contribution in [0.4, 0.5) is 0 Å². The minimum atomic E-state index is -0.734. The first-order chi connectivity index (χ1) is 17.0. The Bertz CT molecular complexity index is 1150.